The number of fused-ring (bicyclic) bond motifs is 2. The molecular weight excluding hydrogens is 478 g/mol. The zero-order chi connectivity index (χ0) is 21.4. The summed E-state index contributed by atoms with van der Waals surface area (Å²) in [5, 5.41) is 5.57. The molecule has 0 spiro atoms. The second-order valence-electron chi connectivity index (χ2n) is 6.77. The van der Waals surface area contributed by atoms with E-state index in [2.05, 4.69) is 26.6 Å². The molecule has 0 fully saturated rings. The number of halogens is 2. The zero-order valence-electron chi connectivity index (χ0n) is 15.5. The molecule has 4 rings (SSSR count). The molecule has 0 atom stereocenters. The Bertz CT molecular complexity index is 1100. The van der Waals surface area contributed by atoms with Gasteiger partial charge in [0.25, 0.3) is 17.7 Å². The highest BCUT2D eigenvalue weighted by Gasteiger charge is 2.35. The van der Waals surface area contributed by atoms with Crippen LogP contribution in [-0.2, 0) is 9.59 Å². The van der Waals surface area contributed by atoms with Gasteiger partial charge in [-0.05, 0) is 30.7 Å². The number of amides is 4. The van der Waals surface area contributed by atoms with Gasteiger partial charge >= 0.3 is 0 Å². The van der Waals surface area contributed by atoms with Crippen molar-refractivity contribution in [3.05, 3.63) is 51.0 Å². The third kappa shape index (κ3) is 3.90. The van der Waals surface area contributed by atoms with Crippen molar-refractivity contribution in [2.45, 2.75) is 12.8 Å². The Kier molecular flexibility index (Phi) is 5.48. The quantitative estimate of drug-likeness (QED) is 0.622. The van der Waals surface area contributed by atoms with Crippen LogP contribution in [-0.4, -0.2) is 41.7 Å². The summed E-state index contributed by atoms with van der Waals surface area (Å²) in [6, 6.07) is 7.97. The van der Waals surface area contributed by atoms with E-state index in [-0.39, 0.29) is 48.2 Å². The molecule has 2 N–H and O–H groups in total. The van der Waals surface area contributed by atoms with Gasteiger partial charge < -0.3 is 15.4 Å². The van der Waals surface area contributed by atoms with Crippen LogP contribution in [0.25, 0.3) is 0 Å². The molecule has 4 amide bonds. The van der Waals surface area contributed by atoms with Gasteiger partial charge in [0, 0.05) is 23.5 Å². The minimum atomic E-state index is -0.367. The van der Waals surface area contributed by atoms with E-state index in [4.69, 9.17) is 16.3 Å². The van der Waals surface area contributed by atoms with E-state index in [1.165, 1.54) is 12.1 Å². The second kappa shape index (κ2) is 8.08. The Labute approximate surface area is 184 Å². The summed E-state index contributed by atoms with van der Waals surface area (Å²) in [6.45, 7) is 0.0172. The first kappa shape index (κ1) is 20.4. The smallest absolute Gasteiger partial charge is 0.262 e. The number of imide groups is 1. The number of nitrogens with one attached hydrogen (secondary N) is 2. The number of hydrogen-bond donors (Lipinski definition) is 2. The molecule has 0 unspecified atom stereocenters. The maximum atomic E-state index is 12.5. The molecule has 30 heavy (non-hydrogen) atoms. The number of anilines is 2. The number of ether oxygens (including phenoxy) is 1. The van der Waals surface area contributed by atoms with E-state index in [1.54, 1.807) is 18.2 Å². The van der Waals surface area contributed by atoms with E-state index in [0.717, 1.165) is 4.90 Å². The van der Waals surface area contributed by atoms with Crippen LogP contribution in [0.4, 0.5) is 11.4 Å². The van der Waals surface area contributed by atoms with Crippen molar-refractivity contribution in [3.8, 4) is 5.75 Å². The summed E-state index contributed by atoms with van der Waals surface area (Å²) in [7, 11) is 0. The van der Waals surface area contributed by atoms with E-state index in [0.29, 0.717) is 39.1 Å². The van der Waals surface area contributed by atoms with Crippen LogP contribution in [0.15, 0.2) is 34.8 Å². The maximum absolute atomic E-state index is 12.5. The van der Waals surface area contributed by atoms with Gasteiger partial charge in [-0.3, -0.25) is 24.1 Å². The predicted molar refractivity (Wildman–Crippen MR) is 113 cm³/mol. The van der Waals surface area contributed by atoms with Gasteiger partial charge in [-0.25, -0.2) is 0 Å². The molecule has 0 saturated carbocycles. The van der Waals surface area contributed by atoms with Gasteiger partial charge in [0.1, 0.15) is 5.75 Å². The average molecular weight is 493 g/mol. The third-order valence-electron chi connectivity index (χ3n) is 4.69. The van der Waals surface area contributed by atoms with Crippen LogP contribution < -0.4 is 15.4 Å². The van der Waals surface area contributed by atoms with Crippen LogP contribution >= 0.6 is 27.5 Å². The number of carbonyl (C=O) groups excluding carboxylic acids is 4. The van der Waals surface area contributed by atoms with Crippen molar-refractivity contribution in [2.75, 3.05) is 23.8 Å². The predicted octanol–water partition coefficient (Wildman–Crippen LogP) is 3.45. The van der Waals surface area contributed by atoms with Crippen molar-refractivity contribution in [1.82, 2.24) is 4.90 Å². The summed E-state index contributed by atoms with van der Waals surface area (Å²) in [6.07, 6.45) is 0.385. The number of nitrogens with zero attached hydrogens (tertiary/aromatic N) is 1. The highest BCUT2D eigenvalue weighted by molar-refractivity contribution is 9.10. The first-order valence-electron chi connectivity index (χ1n) is 9.05. The Morgan fingerprint density at radius 3 is 2.73 bits per heavy atom. The van der Waals surface area contributed by atoms with Gasteiger partial charge in [0.05, 0.1) is 27.5 Å². The lowest BCUT2D eigenvalue weighted by Gasteiger charge is -2.19. The molecule has 0 saturated heterocycles. The highest BCUT2D eigenvalue weighted by Crippen LogP contribution is 2.36. The fourth-order valence-electron chi connectivity index (χ4n) is 3.27. The first-order valence-corrected chi connectivity index (χ1v) is 10.2. The molecule has 10 heteroatoms. The minimum absolute atomic E-state index is 0.0854. The SMILES string of the molecule is O=C(CCCN1C(=O)c2ccc(Br)cc2C1=O)Nc1cc2c(cc1Cl)NC(=O)CO2. The Morgan fingerprint density at radius 2 is 1.93 bits per heavy atom. The van der Waals surface area contributed by atoms with Crippen LogP contribution in [0.3, 0.4) is 0 Å². The van der Waals surface area contributed by atoms with Crippen molar-refractivity contribution < 1.29 is 23.9 Å². The van der Waals surface area contributed by atoms with Crippen molar-refractivity contribution in [1.29, 1.82) is 0 Å². The van der Waals surface area contributed by atoms with Crippen LogP contribution in [0, 0.1) is 0 Å². The Morgan fingerprint density at radius 1 is 1.17 bits per heavy atom. The topological polar surface area (TPSA) is 105 Å². The van der Waals surface area contributed by atoms with Crippen LogP contribution in [0.1, 0.15) is 33.6 Å². The van der Waals surface area contributed by atoms with E-state index < -0.39 is 0 Å². The average Bonchev–Trinajstić information content (AvgIpc) is 2.93. The van der Waals surface area contributed by atoms with Crippen molar-refractivity contribution in [3.63, 3.8) is 0 Å². The number of hydrogen-bond acceptors (Lipinski definition) is 5. The summed E-state index contributed by atoms with van der Waals surface area (Å²) < 4.78 is 6.03. The first-order chi connectivity index (χ1) is 14.3. The van der Waals surface area contributed by atoms with Crippen molar-refractivity contribution in [2.24, 2.45) is 0 Å². The number of carbonyl (C=O) groups is 4. The minimum Gasteiger partial charge on any atom is -0.482 e. The van der Waals surface area contributed by atoms with E-state index in [1.807, 2.05) is 0 Å². The standard InChI is InChI=1S/C20H15BrClN3O5/c21-10-3-4-11-12(6-10)20(29)25(19(11)28)5-1-2-17(26)23-14-8-16-15(7-13(14)22)24-18(27)9-30-16/h3-4,6-8H,1-2,5,9H2,(H,23,26)(H,24,27). The lowest BCUT2D eigenvalue weighted by atomic mass is 10.1. The molecule has 0 aliphatic carbocycles. The molecule has 0 aromatic heterocycles. The molecule has 2 aliphatic rings. The molecule has 2 aromatic carbocycles. The Hall–Kier alpha value is -2.91. The third-order valence-corrected chi connectivity index (χ3v) is 5.50. The van der Waals surface area contributed by atoms with Gasteiger partial charge in [-0.2, -0.15) is 0 Å². The largest absolute Gasteiger partial charge is 0.482 e. The molecule has 154 valence electrons. The molecule has 2 aliphatic heterocycles. The molecule has 0 bridgehead atoms. The number of rotatable bonds is 5. The summed E-state index contributed by atoms with van der Waals surface area (Å²) in [4.78, 5) is 49.7. The normalized spacial score (nSPS) is 14.7. The van der Waals surface area contributed by atoms with Crippen LogP contribution in [0.2, 0.25) is 5.02 Å². The van der Waals surface area contributed by atoms with E-state index in [9.17, 15) is 19.2 Å². The highest BCUT2D eigenvalue weighted by atomic mass is 79.9. The Balaban J connectivity index is 1.35. The molecule has 8 nitrogen and oxygen atoms in total. The van der Waals surface area contributed by atoms with E-state index >= 15 is 0 Å². The van der Waals surface area contributed by atoms with Gasteiger partial charge in [0.2, 0.25) is 5.91 Å². The maximum Gasteiger partial charge on any atom is 0.262 e. The fourth-order valence-corrected chi connectivity index (χ4v) is 3.84. The molecule has 2 heterocycles. The molecule has 0 radical (unpaired) electrons. The summed E-state index contributed by atoms with van der Waals surface area (Å²) in [5.74, 6) is -0.924. The second-order valence-corrected chi connectivity index (χ2v) is 8.09. The van der Waals surface area contributed by atoms with Gasteiger partial charge in [-0.1, -0.05) is 27.5 Å². The number of benzene rings is 2. The van der Waals surface area contributed by atoms with Gasteiger partial charge in [-0.15, -0.1) is 0 Å². The van der Waals surface area contributed by atoms with Gasteiger partial charge in [0.15, 0.2) is 6.61 Å². The fraction of sp³-hybridized carbons (Fsp3) is 0.200. The van der Waals surface area contributed by atoms with Crippen molar-refractivity contribution >= 4 is 62.5 Å². The molecule has 2 aromatic rings. The molecular formula is C20H15BrClN3O5. The van der Waals surface area contributed by atoms with Crippen LogP contribution in [0.5, 0.6) is 5.75 Å². The lowest BCUT2D eigenvalue weighted by Crippen LogP contribution is -2.31. The zero-order valence-corrected chi connectivity index (χ0v) is 17.8. The summed E-state index contributed by atoms with van der Waals surface area (Å²) >= 11 is 9.46. The summed E-state index contributed by atoms with van der Waals surface area (Å²) in [5.41, 5.74) is 1.50. The monoisotopic (exact) mass is 491 g/mol. The lowest BCUT2D eigenvalue weighted by molar-refractivity contribution is -0.118.